The minimum absolute atomic E-state index is 0.176. The van der Waals surface area contributed by atoms with Crippen molar-refractivity contribution in [2.45, 2.75) is 70.2 Å². The number of esters is 1. The maximum absolute atomic E-state index is 13.5. The monoisotopic (exact) mass is 459 g/mol. The molecule has 4 saturated carbocycles. The highest BCUT2D eigenvalue weighted by Crippen LogP contribution is 2.59. The predicted molar refractivity (Wildman–Crippen MR) is 105 cm³/mol. The molecule has 1 aromatic heterocycles. The zero-order valence-electron chi connectivity index (χ0n) is 17.6. The quantitative estimate of drug-likeness (QED) is 0.534. The van der Waals surface area contributed by atoms with Crippen LogP contribution in [0.3, 0.4) is 0 Å². The van der Waals surface area contributed by atoms with Crippen LogP contribution in [0, 0.1) is 23.7 Å². The lowest BCUT2D eigenvalue weighted by Gasteiger charge is -2.59. The molecule has 0 unspecified atom stereocenters. The van der Waals surface area contributed by atoms with E-state index in [1.165, 1.54) is 0 Å². The van der Waals surface area contributed by atoms with E-state index < -0.39 is 45.7 Å². The van der Waals surface area contributed by atoms with Crippen LogP contribution in [0.4, 0.5) is 13.2 Å². The molecule has 1 N–H and O–H groups in total. The molecule has 1 heterocycles. The van der Waals surface area contributed by atoms with E-state index in [1.807, 2.05) is 0 Å². The second kappa shape index (κ2) is 7.32. The fraction of sp³-hybridized carbons (Fsp3) is 0.714. The largest absolute Gasteiger partial charge is 0.458 e. The molecule has 4 aliphatic carbocycles. The van der Waals surface area contributed by atoms with Gasteiger partial charge in [-0.25, -0.2) is 14.8 Å². The van der Waals surface area contributed by atoms with E-state index in [9.17, 15) is 22.8 Å². The van der Waals surface area contributed by atoms with Crippen LogP contribution in [0.2, 0.25) is 5.28 Å². The van der Waals surface area contributed by atoms with Crippen LogP contribution in [0.1, 0.15) is 68.9 Å². The van der Waals surface area contributed by atoms with E-state index >= 15 is 0 Å². The van der Waals surface area contributed by atoms with Crippen molar-refractivity contribution in [3.63, 3.8) is 0 Å². The van der Waals surface area contributed by atoms with Crippen LogP contribution in [0.25, 0.3) is 0 Å². The predicted octanol–water partition coefficient (Wildman–Crippen LogP) is 4.42. The third-order valence-electron chi connectivity index (χ3n) is 6.76. The molecule has 1 aromatic rings. The van der Waals surface area contributed by atoms with Crippen LogP contribution in [-0.2, 0) is 15.7 Å². The van der Waals surface area contributed by atoms with Crippen LogP contribution in [-0.4, -0.2) is 33.0 Å². The minimum Gasteiger partial charge on any atom is -0.458 e. The van der Waals surface area contributed by atoms with Crippen LogP contribution in [0.5, 0.6) is 0 Å². The Morgan fingerprint density at radius 2 is 1.65 bits per heavy atom. The maximum Gasteiger partial charge on any atom is 0.434 e. The van der Waals surface area contributed by atoms with E-state index in [1.54, 1.807) is 20.8 Å². The minimum atomic E-state index is -4.90. The van der Waals surface area contributed by atoms with Crippen molar-refractivity contribution in [2.24, 2.45) is 23.7 Å². The molecule has 1 amide bonds. The number of carbonyl (C=O) groups excluding carboxylic acids is 2. The van der Waals surface area contributed by atoms with Crippen molar-refractivity contribution < 1.29 is 27.5 Å². The first kappa shape index (κ1) is 22.3. The number of ether oxygens (including phenoxy) is 1. The Morgan fingerprint density at radius 1 is 1.10 bits per heavy atom. The second-order valence-electron chi connectivity index (χ2n) is 10.0. The molecule has 0 aromatic carbocycles. The number of nitrogens with zero attached hydrogens (tertiary/aromatic N) is 2. The molecule has 5 rings (SSSR count). The highest BCUT2D eigenvalue weighted by molar-refractivity contribution is 6.28. The molecule has 6 nitrogen and oxygen atoms in total. The van der Waals surface area contributed by atoms with E-state index in [0.717, 1.165) is 38.3 Å². The summed E-state index contributed by atoms with van der Waals surface area (Å²) in [5.74, 6) is -1.03. The van der Waals surface area contributed by atoms with Crippen molar-refractivity contribution in [1.29, 1.82) is 0 Å². The average molecular weight is 460 g/mol. The molecule has 170 valence electrons. The summed E-state index contributed by atoms with van der Waals surface area (Å²) in [6, 6.07) is 0. The Bertz CT molecular complexity index is 885. The Labute approximate surface area is 183 Å². The van der Waals surface area contributed by atoms with Gasteiger partial charge in [0.05, 0.1) is 5.56 Å². The van der Waals surface area contributed by atoms with Gasteiger partial charge in [-0.05, 0) is 88.1 Å². The molecule has 4 fully saturated rings. The zero-order chi connectivity index (χ0) is 22.8. The smallest absolute Gasteiger partial charge is 0.434 e. The fourth-order valence-electron chi connectivity index (χ4n) is 5.88. The number of hydrogen-bond donors (Lipinski definition) is 1. The Hall–Kier alpha value is -1.90. The number of halogens is 4. The summed E-state index contributed by atoms with van der Waals surface area (Å²) in [5, 5.41) is 2.10. The molecule has 0 atom stereocenters. The van der Waals surface area contributed by atoms with Crippen molar-refractivity contribution in [3.8, 4) is 0 Å². The third kappa shape index (κ3) is 4.01. The van der Waals surface area contributed by atoms with Gasteiger partial charge in [-0.15, -0.1) is 0 Å². The molecule has 4 bridgehead atoms. The summed E-state index contributed by atoms with van der Waals surface area (Å²) < 4.78 is 46.2. The molecule has 0 spiro atoms. The number of aromatic nitrogens is 2. The first-order chi connectivity index (χ1) is 14.3. The fourth-order valence-corrected chi connectivity index (χ4v) is 6.01. The summed E-state index contributed by atoms with van der Waals surface area (Å²) in [6.07, 6.45) is -0.0551. The van der Waals surface area contributed by atoms with Crippen molar-refractivity contribution >= 4 is 23.5 Å². The molecular formula is C21H25ClF3N3O3. The van der Waals surface area contributed by atoms with Crippen molar-refractivity contribution in [2.75, 3.05) is 0 Å². The van der Waals surface area contributed by atoms with E-state index in [4.69, 9.17) is 16.3 Å². The third-order valence-corrected chi connectivity index (χ3v) is 6.94. The van der Waals surface area contributed by atoms with Gasteiger partial charge in [-0.3, -0.25) is 4.79 Å². The molecule has 4 aliphatic rings. The molecule has 0 aliphatic heterocycles. The van der Waals surface area contributed by atoms with Crippen LogP contribution >= 0.6 is 11.6 Å². The lowest BCUT2D eigenvalue weighted by atomic mass is 9.48. The van der Waals surface area contributed by atoms with E-state index in [0.29, 0.717) is 11.8 Å². The topological polar surface area (TPSA) is 81.2 Å². The number of nitrogens with one attached hydrogen (secondary N) is 1. The van der Waals surface area contributed by atoms with Gasteiger partial charge in [0.2, 0.25) is 5.28 Å². The number of alkyl halides is 3. The van der Waals surface area contributed by atoms with Gasteiger partial charge in [0.25, 0.3) is 5.91 Å². The Balaban J connectivity index is 1.73. The first-order valence-corrected chi connectivity index (χ1v) is 10.8. The van der Waals surface area contributed by atoms with Crippen LogP contribution in [0.15, 0.2) is 6.20 Å². The van der Waals surface area contributed by atoms with Gasteiger partial charge in [-0.1, -0.05) is 0 Å². The van der Waals surface area contributed by atoms with E-state index in [2.05, 4.69) is 15.3 Å². The SMILES string of the molecule is CC(C)(C)OC(=O)C1(NC(=O)c2cnc(Cl)nc2C(F)(F)F)C2CC3CC(C2)CC1C3. The Morgan fingerprint density at radius 3 is 2.13 bits per heavy atom. The highest BCUT2D eigenvalue weighted by atomic mass is 35.5. The van der Waals surface area contributed by atoms with E-state index in [-0.39, 0.29) is 11.8 Å². The maximum atomic E-state index is 13.5. The van der Waals surface area contributed by atoms with Crippen LogP contribution < -0.4 is 5.32 Å². The molecule has 31 heavy (non-hydrogen) atoms. The van der Waals surface area contributed by atoms with Gasteiger partial charge in [0.15, 0.2) is 5.69 Å². The summed E-state index contributed by atoms with van der Waals surface area (Å²) in [4.78, 5) is 33.4. The lowest BCUT2D eigenvalue weighted by Crippen LogP contribution is -2.71. The Kier molecular flexibility index (Phi) is 5.26. The highest BCUT2D eigenvalue weighted by Gasteiger charge is 2.63. The van der Waals surface area contributed by atoms with Gasteiger partial charge < -0.3 is 10.1 Å². The summed E-state index contributed by atoms with van der Waals surface area (Å²) in [6.45, 7) is 5.18. The number of rotatable bonds is 3. The molecule has 10 heteroatoms. The number of amides is 1. The normalized spacial score (nSPS) is 32.1. The summed E-state index contributed by atoms with van der Waals surface area (Å²) in [7, 11) is 0. The van der Waals surface area contributed by atoms with Crippen molar-refractivity contribution in [3.05, 3.63) is 22.7 Å². The molecule has 0 saturated heterocycles. The van der Waals surface area contributed by atoms with Gasteiger partial charge >= 0.3 is 12.1 Å². The first-order valence-electron chi connectivity index (χ1n) is 10.4. The molecule has 0 radical (unpaired) electrons. The molecular weight excluding hydrogens is 435 g/mol. The second-order valence-corrected chi connectivity index (χ2v) is 10.4. The van der Waals surface area contributed by atoms with Gasteiger partial charge in [-0.2, -0.15) is 13.2 Å². The number of hydrogen-bond acceptors (Lipinski definition) is 5. The standard InChI is InChI=1S/C21H25ClF3N3O3/c1-19(2,3)31-17(30)20(12-5-10-4-11(7-12)8-13(20)6-10)28-16(29)14-9-26-18(22)27-15(14)21(23,24)25/h9-13H,4-8H2,1-3H3,(H,28,29). The number of carbonyl (C=O) groups is 2. The lowest BCUT2D eigenvalue weighted by molar-refractivity contribution is -0.180. The summed E-state index contributed by atoms with van der Waals surface area (Å²) >= 11 is 5.54. The van der Waals surface area contributed by atoms with Gasteiger partial charge in [0.1, 0.15) is 11.1 Å². The van der Waals surface area contributed by atoms with Gasteiger partial charge in [0, 0.05) is 6.20 Å². The average Bonchev–Trinajstić information content (AvgIpc) is 2.61. The summed E-state index contributed by atoms with van der Waals surface area (Å²) in [5.41, 5.74) is -4.34. The van der Waals surface area contributed by atoms with Crippen molar-refractivity contribution in [1.82, 2.24) is 15.3 Å². The zero-order valence-corrected chi connectivity index (χ0v) is 18.3.